The maximum absolute atomic E-state index is 12.2. The van der Waals surface area contributed by atoms with E-state index in [-0.39, 0.29) is 10.9 Å². The molecule has 1 rings (SSSR count). The zero-order chi connectivity index (χ0) is 14.4. The van der Waals surface area contributed by atoms with Crippen LogP contribution < -0.4 is 0 Å². The van der Waals surface area contributed by atoms with Crippen LogP contribution in [0.25, 0.3) is 0 Å². The lowest BCUT2D eigenvalue weighted by atomic mass is 10.2. The number of carbonyl (C=O) groups excluding carboxylic acids is 2. The highest BCUT2D eigenvalue weighted by atomic mass is 32.1. The molecule has 0 spiro atoms. The van der Waals surface area contributed by atoms with Gasteiger partial charge in [0, 0.05) is 18.5 Å². The molecule has 0 saturated carbocycles. The molecule has 1 amide bonds. The summed E-state index contributed by atoms with van der Waals surface area (Å²) in [6.45, 7) is 9.39. The number of carbonyl (C=O) groups is 2. The van der Waals surface area contributed by atoms with Gasteiger partial charge in [-0.05, 0) is 19.8 Å². The fourth-order valence-corrected chi connectivity index (χ4v) is 2.30. The molecule has 0 aliphatic carbocycles. The van der Waals surface area contributed by atoms with Gasteiger partial charge in [-0.2, -0.15) is 0 Å². The smallest absolute Gasteiger partial charge is 0.367 e. The third-order valence-corrected chi connectivity index (χ3v) is 3.25. The zero-order valence-corrected chi connectivity index (χ0v) is 12.6. The minimum Gasteiger partial charge on any atom is -0.461 e. The van der Waals surface area contributed by atoms with Crippen LogP contribution in [0, 0.1) is 5.92 Å². The Morgan fingerprint density at radius 2 is 2.11 bits per heavy atom. The average molecular weight is 284 g/mol. The molecule has 0 radical (unpaired) electrons. The number of nitrogens with zero attached hydrogens (tertiary/aromatic N) is 2. The number of esters is 1. The Labute approximate surface area is 117 Å². The lowest BCUT2D eigenvalue weighted by molar-refractivity contribution is 0.0526. The molecule has 0 unspecified atom stereocenters. The first-order valence-corrected chi connectivity index (χ1v) is 7.29. The van der Waals surface area contributed by atoms with E-state index < -0.39 is 5.97 Å². The Hall–Kier alpha value is -1.43. The van der Waals surface area contributed by atoms with Gasteiger partial charge in [0.05, 0.1) is 6.61 Å². The van der Waals surface area contributed by atoms with Crippen LogP contribution in [-0.4, -0.2) is 41.5 Å². The second-order valence-corrected chi connectivity index (χ2v) is 5.35. The van der Waals surface area contributed by atoms with E-state index in [1.165, 1.54) is 0 Å². The van der Waals surface area contributed by atoms with Crippen LogP contribution in [0.2, 0.25) is 0 Å². The first kappa shape index (κ1) is 15.6. The van der Waals surface area contributed by atoms with Gasteiger partial charge in [0.2, 0.25) is 5.01 Å². The number of aromatic nitrogens is 1. The summed E-state index contributed by atoms with van der Waals surface area (Å²) in [5.41, 5.74) is 0.315. The molecule has 0 aliphatic rings. The monoisotopic (exact) mass is 284 g/mol. The molecule has 1 aromatic heterocycles. The van der Waals surface area contributed by atoms with Crippen molar-refractivity contribution in [2.45, 2.75) is 27.7 Å². The highest BCUT2D eigenvalue weighted by molar-refractivity contribution is 7.11. The molecule has 19 heavy (non-hydrogen) atoms. The number of hydrogen-bond acceptors (Lipinski definition) is 5. The molecule has 5 nitrogen and oxygen atoms in total. The summed E-state index contributed by atoms with van der Waals surface area (Å²) in [6, 6.07) is 0. The summed E-state index contributed by atoms with van der Waals surface area (Å²) in [6.07, 6.45) is 0. The second-order valence-electron chi connectivity index (χ2n) is 4.50. The van der Waals surface area contributed by atoms with E-state index in [0.717, 1.165) is 11.3 Å². The first-order valence-electron chi connectivity index (χ1n) is 6.41. The lowest BCUT2D eigenvalue weighted by Crippen LogP contribution is -2.34. The van der Waals surface area contributed by atoms with E-state index in [2.05, 4.69) is 18.8 Å². The quantitative estimate of drug-likeness (QED) is 0.753. The molecule has 106 valence electrons. The van der Waals surface area contributed by atoms with Crippen molar-refractivity contribution < 1.29 is 14.3 Å². The first-order chi connectivity index (χ1) is 8.99. The molecule has 0 N–H and O–H groups in total. The third kappa shape index (κ3) is 4.31. The molecule has 1 aromatic rings. The summed E-state index contributed by atoms with van der Waals surface area (Å²) < 4.78 is 4.86. The van der Waals surface area contributed by atoms with E-state index in [0.29, 0.717) is 31.3 Å². The van der Waals surface area contributed by atoms with Gasteiger partial charge >= 0.3 is 5.97 Å². The van der Waals surface area contributed by atoms with Gasteiger partial charge in [0.25, 0.3) is 5.91 Å². The minimum absolute atomic E-state index is 0.136. The van der Waals surface area contributed by atoms with Crippen molar-refractivity contribution in [3.05, 3.63) is 16.1 Å². The SMILES string of the molecule is CCOC(=O)c1nc(C(=O)N(CC)CC(C)C)cs1. The van der Waals surface area contributed by atoms with E-state index in [1.807, 2.05) is 6.92 Å². The highest BCUT2D eigenvalue weighted by Gasteiger charge is 2.20. The number of rotatable bonds is 6. The molecule has 0 aliphatic heterocycles. The number of amides is 1. The summed E-state index contributed by atoms with van der Waals surface area (Å²) in [4.78, 5) is 29.5. The summed E-state index contributed by atoms with van der Waals surface area (Å²) >= 11 is 1.14. The van der Waals surface area contributed by atoms with Crippen molar-refractivity contribution in [3.63, 3.8) is 0 Å². The molecule has 1 heterocycles. The van der Waals surface area contributed by atoms with E-state index in [9.17, 15) is 9.59 Å². The van der Waals surface area contributed by atoms with Crippen LogP contribution in [-0.2, 0) is 4.74 Å². The van der Waals surface area contributed by atoms with Gasteiger partial charge in [-0.1, -0.05) is 13.8 Å². The van der Waals surface area contributed by atoms with Crippen molar-refractivity contribution in [1.29, 1.82) is 0 Å². The molecule has 0 fully saturated rings. The molecule has 0 bridgehead atoms. The normalized spacial score (nSPS) is 10.6. The van der Waals surface area contributed by atoms with Gasteiger partial charge < -0.3 is 9.64 Å². The van der Waals surface area contributed by atoms with Crippen molar-refractivity contribution in [1.82, 2.24) is 9.88 Å². The largest absolute Gasteiger partial charge is 0.461 e. The van der Waals surface area contributed by atoms with Crippen LogP contribution in [0.3, 0.4) is 0 Å². The third-order valence-electron chi connectivity index (χ3n) is 2.43. The van der Waals surface area contributed by atoms with E-state index in [1.54, 1.807) is 17.2 Å². The number of hydrogen-bond donors (Lipinski definition) is 0. The van der Waals surface area contributed by atoms with Crippen molar-refractivity contribution in [3.8, 4) is 0 Å². The summed E-state index contributed by atoms with van der Waals surface area (Å²) in [5.74, 6) is -0.214. The summed E-state index contributed by atoms with van der Waals surface area (Å²) in [5, 5.41) is 1.84. The molecule has 0 atom stereocenters. The van der Waals surface area contributed by atoms with Crippen molar-refractivity contribution in [2.24, 2.45) is 5.92 Å². The van der Waals surface area contributed by atoms with Gasteiger partial charge in [0.1, 0.15) is 5.69 Å². The minimum atomic E-state index is -0.474. The standard InChI is InChI=1S/C13H20N2O3S/c1-5-15(7-9(3)4)12(16)10-8-19-11(14-10)13(17)18-6-2/h8-9H,5-7H2,1-4H3. The predicted molar refractivity (Wildman–Crippen MR) is 74.5 cm³/mol. The van der Waals surface area contributed by atoms with E-state index in [4.69, 9.17) is 4.74 Å². The van der Waals surface area contributed by atoms with Gasteiger partial charge in [0.15, 0.2) is 0 Å². The number of thiazole rings is 1. The van der Waals surface area contributed by atoms with Gasteiger partial charge in [-0.25, -0.2) is 9.78 Å². The number of ether oxygens (including phenoxy) is 1. The fourth-order valence-electron chi connectivity index (χ4n) is 1.62. The highest BCUT2D eigenvalue weighted by Crippen LogP contribution is 2.14. The molecule has 0 saturated heterocycles. The van der Waals surface area contributed by atoms with Crippen LogP contribution in [0.15, 0.2) is 5.38 Å². The van der Waals surface area contributed by atoms with Crippen LogP contribution in [0.5, 0.6) is 0 Å². The maximum atomic E-state index is 12.2. The van der Waals surface area contributed by atoms with Gasteiger partial charge in [-0.3, -0.25) is 4.79 Å². The second kappa shape index (κ2) is 7.23. The Bertz CT molecular complexity index is 443. The van der Waals surface area contributed by atoms with Crippen molar-refractivity contribution in [2.75, 3.05) is 19.7 Å². The zero-order valence-electron chi connectivity index (χ0n) is 11.8. The molecular formula is C13H20N2O3S. The fraction of sp³-hybridized carbons (Fsp3) is 0.615. The molecule has 0 aromatic carbocycles. The van der Waals surface area contributed by atoms with Crippen LogP contribution in [0.1, 0.15) is 48.0 Å². The van der Waals surface area contributed by atoms with E-state index >= 15 is 0 Å². The lowest BCUT2D eigenvalue weighted by Gasteiger charge is -2.21. The topological polar surface area (TPSA) is 59.5 Å². The Kier molecular flexibility index (Phi) is 5.95. The average Bonchev–Trinajstić information content (AvgIpc) is 2.84. The Morgan fingerprint density at radius 3 is 2.63 bits per heavy atom. The molecule has 6 heteroatoms. The maximum Gasteiger partial charge on any atom is 0.367 e. The van der Waals surface area contributed by atoms with Crippen LogP contribution in [0.4, 0.5) is 0 Å². The molecular weight excluding hydrogens is 264 g/mol. The van der Waals surface area contributed by atoms with Gasteiger partial charge in [-0.15, -0.1) is 11.3 Å². The predicted octanol–water partition coefficient (Wildman–Crippen LogP) is 2.44. The van der Waals surface area contributed by atoms with Crippen LogP contribution >= 0.6 is 11.3 Å². The Balaban J connectivity index is 2.79. The van der Waals surface area contributed by atoms with Crippen molar-refractivity contribution >= 4 is 23.2 Å². The Morgan fingerprint density at radius 1 is 1.42 bits per heavy atom. The summed E-state index contributed by atoms with van der Waals surface area (Å²) in [7, 11) is 0.